The van der Waals surface area contributed by atoms with E-state index in [1.165, 1.54) is 0 Å². The fraction of sp³-hybridized carbons (Fsp3) is 0.0714. The van der Waals surface area contributed by atoms with E-state index < -0.39 is 0 Å². The van der Waals surface area contributed by atoms with Crippen LogP contribution in [0, 0.1) is 11.3 Å². The minimum Gasteiger partial charge on any atom is -0.294 e. The van der Waals surface area contributed by atoms with Crippen LogP contribution in [-0.4, -0.2) is 10.8 Å². The molecule has 0 aliphatic carbocycles. The van der Waals surface area contributed by atoms with Gasteiger partial charge in [-0.3, -0.25) is 9.78 Å². The smallest absolute Gasteiger partial charge is 0.168 e. The van der Waals surface area contributed by atoms with Gasteiger partial charge in [-0.15, -0.1) is 0 Å². The average molecular weight is 222 g/mol. The molecule has 0 radical (unpaired) electrons. The van der Waals surface area contributed by atoms with Crippen LogP contribution >= 0.6 is 0 Å². The van der Waals surface area contributed by atoms with Crippen LogP contribution in [-0.2, 0) is 6.42 Å². The second-order valence-electron chi connectivity index (χ2n) is 3.61. The van der Waals surface area contributed by atoms with Crippen molar-refractivity contribution in [1.29, 1.82) is 5.26 Å². The number of ketones is 1. The predicted octanol–water partition coefficient (Wildman–Crippen LogP) is 2.38. The van der Waals surface area contributed by atoms with Crippen LogP contribution in [0.25, 0.3) is 0 Å². The third-order valence-corrected chi connectivity index (χ3v) is 2.40. The lowest BCUT2D eigenvalue weighted by molar-refractivity contribution is 0.0992. The molecule has 2 rings (SSSR count). The number of nitriles is 1. The molecule has 0 aliphatic rings. The van der Waals surface area contributed by atoms with Crippen LogP contribution in [0.4, 0.5) is 0 Å². The Kier molecular flexibility index (Phi) is 3.27. The number of aromatic nitrogens is 1. The molecule has 0 saturated heterocycles. The number of nitrogens with zero attached hydrogens (tertiary/aromatic N) is 2. The first-order chi connectivity index (χ1) is 8.29. The fourth-order valence-electron chi connectivity index (χ4n) is 1.50. The molecule has 0 N–H and O–H groups in total. The van der Waals surface area contributed by atoms with Crippen LogP contribution in [0.3, 0.4) is 0 Å². The first-order valence-electron chi connectivity index (χ1n) is 5.23. The Hall–Kier alpha value is -2.47. The fourth-order valence-corrected chi connectivity index (χ4v) is 1.50. The highest BCUT2D eigenvalue weighted by Crippen LogP contribution is 2.07. The highest BCUT2D eigenvalue weighted by Gasteiger charge is 2.07. The maximum atomic E-state index is 11.9. The van der Waals surface area contributed by atoms with Gasteiger partial charge in [-0.25, -0.2) is 0 Å². The molecule has 0 aliphatic heterocycles. The topological polar surface area (TPSA) is 53.8 Å². The minimum atomic E-state index is 0.00758. The maximum Gasteiger partial charge on any atom is 0.168 e. The summed E-state index contributed by atoms with van der Waals surface area (Å²) in [7, 11) is 0. The summed E-state index contributed by atoms with van der Waals surface area (Å²) in [6.07, 6.45) is 1.95. The lowest BCUT2D eigenvalue weighted by Crippen LogP contribution is -2.04. The first kappa shape index (κ1) is 11.0. The van der Waals surface area contributed by atoms with E-state index in [2.05, 4.69) is 4.98 Å². The van der Waals surface area contributed by atoms with Crippen LogP contribution in [0.5, 0.6) is 0 Å². The second kappa shape index (κ2) is 5.04. The van der Waals surface area contributed by atoms with Gasteiger partial charge >= 0.3 is 0 Å². The predicted molar refractivity (Wildman–Crippen MR) is 63.4 cm³/mol. The summed E-state index contributed by atoms with van der Waals surface area (Å²) in [4.78, 5) is 16.0. The van der Waals surface area contributed by atoms with E-state index in [4.69, 9.17) is 5.26 Å². The molecule has 3 nitrogen and oxygen atoms in total. The Morgan fingerprint density at radius 1 is 1.18 bits per heavy atom. The van der Waals surface area contributed by atoms with Crippen LogP contribution < -0.4 is 0 Å². The molecule has 1 aromatic heterocycles. The minimum absolute atomic E-state index is 0.00758. The number of benzene rings is 1. The third kappa shape index (κ3) is 2.76. The summed E-state index contributed by atoms with van der Waals surface area (Å²) >= 11 is 0. The molecule has 0 amide bonds. The Bertz CT molecular complexity index is 553. The Morgan fingerprint density at radius 3 is 2.53 bits per heavy atom. The van der Waals surface area contributed by atoms with Gasteiger partial charge in [0.15, 0.2) is 5.78 Å². The SMILES string of the molecule is N#Cc1ccc(C(=O)Cc2ccccn2)cc1. The zero-order valence-corrected chi connectivity index (χ0v) is 9.13. The van der Waals surface area contributed by atoms with Gasteiger partial charge in [0.1, 0.15) is 0 Å². The molecule has 82 valence electrons. The number of hydrogen-bond acceptors (Lipinski definition) is 3. The molecular formula is C14H10N2O. The molecule has 2 aromatic rings. The largest absolute Gasteiger partial charge is 0.294 e. The van der Waals surface area contributed by atoms with E-state index >= 15 is 0 Å². The number of carbonyl (C=O) groups excluding carboxylic acids is 1. The van der Waals surface area contributed by atoms with Crippen molar-refractivity contribution in [3.05, 3.63) is 65.5 Å². The standard InChI is InChI=1S/C14H10N2O/c15-10-11-4-6-12(7-5-11)14(17)9-13-3-1-2-8-16-13/h1-8H,9H2. The molecule has 0 unspecified atom stereocenters. The normalized spacial score (nSPS) is 9.59. The molecule has 1 heterocycles. The van der Waals surface area contributed by atoms with Gasteiger partial charge < -0.3 is 0 Å². The van der Waals surface area contributed by atoms with E-state index in [0.29, 0.717) is 11.1 Å². The Labute approximate surface area is 99.4 Å². The quantitative estimate of drug-likeness (QED) is 0.749. The number of pyridine rings is 1. The lowest BCUT2D eigenvalue weighted by Gasteiger charge is -2.00. The van der Waals surface area contributed by atoms with Crippen LogP contribution in [0.15, 0.2) is 48.7 Å². The van der Waals surface area contributed by atoms with Gasteiger partial charge in [0.05, 0.1) is 18.1 Å². The molecule has 0 saturated carbocycles. The van der Waals surface area contributed by atoms with E-state index in [-0.39, 0.29) is 12.2 Å². The average Bonchev–Trinajstić information content (AvgIpc) is 2.40. The number of Topliss-reactive ketones (excluding diaryl/α,β-unsaturated/α-hetero) is 1. The molecule has 1 aromatic carbocycles. The van der Waals surface area contributed by atoms with Crippen molar-refractivity contribution < 1.29 is 4.79 Å². The van der Waals surface area contributed by atoms with Gasteiger partial charge in [-0.2, -0.15) is 5.26 Å². The zero-order valence-electron chi connectivity index (χ0n) is 9.13. The number of rotatable bonds is 3. The van der Waals surface area contributed by atoms with Gasteiger partial charge in [0.2, 0.25) is 0 Å². The summed E-state index contributed by atoms with van der Waals surface area (Å²) in [6.45, 7) is 0. The van der Waals surface area contributed by atoms with E-state index in [1.807, 2.05) is 24.3 Å². The van der Waals surface area contributed by atoms with Gasteiger partial charge in [-0.05, 0) is 24.3 Å². The molecule has 0 fully saturated rings. The van der Waals surface area contributed by atoms with Crippen molar-refractivity contribution in [1.82, 2.24) is 4.98 Å². The first-order valence-corrected chi connectivity index (χ1v) is 5.23. The van der Waals surface area contributed by atoms with Crippen molar-refractivity contribution in [2.45, 2.75) is 6.42 Å². The Balaban J connectivity index is 2.13. The second-order valence-corrected chi connectivity index (χ2v) is 3.61. The Morgan fingerprint density at radius 2 is 1.94 bits per heavy atom. The highest BCUT2D eigenvalue weighted by atomic mass is 16.1. The summed E-state index contributed by atoms with van der Waals surface area (Å²) in [5, 5.41) is 8.66. The monoisotopic (exact) mass is 222 g/mol. The molecule has 3 heteroatoms. The lowest BCUT2D eigenvalue weighted by atomic mass is 10.0. The number of carbonyl (C=O) groups is 1. The van der Waals surface area contributed by atoms with Crippen molar-refractivity contribution in [3.8, 4) is 6.07 Å². The number of hydrogen-bond donors (Lipinski definition) is 0. The third-order valence-electron chi connectivity index (χ3n) is 2.40. The molecular weight excluding hydrogens is 212 g/mol. The van der Waals surface area contributed by atoms with E-state index in [0.717, 1.165) is 5.69 Å². The summed E-state index contributed by atoms with van der Waals surface area (Å²) in [5.41, 5.74) is 1.91. The van der Waals surface area contributed by atoms with Gasteiger partial charge in [0, 0.05) is 17.5 Å². The molecule has 0 atom stereocenters. The van der Waals surface area contributed by atoms with Crippen LogP contribution in [0.1, 0.15) is 21.6 Å². The highest BCUT2D eigenvalue weighted by molar-refractivity contribution is 5.97. The molecule has 0 bridgehead atoms. The summed E-state index contributed by atoms with van der Waals surface area (Å²) < 4.78 is 0. The van der Waals surface area contributed by atoms with Crippen molar-refractivity contribution >= 4 is 5.78 Å². The van der Waals surface area contributed by atoms with Gasteiger partial charge in [-0.1, -0.05) is 18.2 Å². The van der Waals surface area contributed by atoms with Crippen molar-refractivity contribution in [2.24, 2.45) is 0 Å². The van der Waals surface area contributed by atoms with Crippen molar-refractivity contribution in [3.63, 3.8) is 0 Å². The zero-order chi connectivity index (χ0) is 12.1. The van der Waals surface area contributed by atoms with Gasteiger partial charge in [0.25, 0.3) is 0 Å². The van der Waals surface area contributed by atoms with E-state index in [1.54, 1.807) is 30.5 Å². The summed E-state index contributed by atoms with van der Waals surface area (Å²) in [5.74, 6) is 0.00758. The van der Waals surface area contributed by atoms with Crippen LogP contribution in [0.2, 0.25) is 0 Å². The van der Waals surface area contributed by atoms with E-state index in [9.17, 15) is 4.79 Å². The maximum absolute atomic E-state index is 11.9. The molecule has 0 spiro atoms. The summed E-state index contributed by atoms with van der Waals surface area (Å²) in [6, 6.07) is 14.1. The molecule has 17 heavy (non-hydrogen) atoms. The van der Waals surface area contributed by atoms with Crippen molar-refractivity contribution in [2.75, 3.05) is 0 Å².